The van der Waals surface area contributed by atoms with Crippen molar-refractivity contribution in [2.45, 2.75) is 83.3 Å². The lowest BCUT2D eigenvalue weighted by atomic mass is 9.78. The first-order chi connectivity index (χ1) is 9.30. The van der Waals surface area contributed by atoms with Crippen LogP contribution in [0.4, 0.5) is 0 Å². The van der Waals surface area contributed by atoms with Crippen molar-refractivity contribution >= 4 is 0 Å². The monoisotopic (exact) mass is 281 g/mol. The van der Waals surface area contributed by atoms with Crippen LogP contribution in [0, 0.1) is 11.8 Å². The van der Waals surface area contributed by atoms with E-state index < -0.39 is 0 Å². The molecule has 0 aromatic rings. The summed E-state index contributed by atoms with van der Waals surface area (Å²) in [5.41, 5.74) is 6.33. The zero-order valence-corrected chi connectivity index (χ0v) is 14.0. The van der Waals surface area contributed by atoms with E-state index in [4.69, 9.17) is 5.73 Å². The maximum atomic E-state index is 5.85. The summed E-state index contributed by atoms with van der Waals surface area (Å²) in [5, 5.41) is 7.63. The highest BCUT2D eigenvalue weighted by molar-refractivity contribution is 4.99. The first kappa shape index (κ1) is 16.3. The Morgan fingerprint density at radius 1 is 1.05 bits per heavy atom. The lowest BCUT2D eigenvalue weighted by molar-refractivity contribution is 0.139. The molecule has 0 spiro atoms. The number of nitrogens with one attached hydrogen (secondary N) is 2. The highest BCUT2D eigenvalue weighted by atomic mass is 15.1. The Morgan fingerprint density at radius 2 is 1.65 bits per heavy atom. The summed E-state index contributed by atoms with van der Waals surface area (Å²) in [6.45, 7) is 11.4. The van der Waals surface area contributed by atoms with E-state index in [1.165, 1.54) is 45.1 Å². The normalized spacial score (nSPS) is 34.0. The highest BCUT2D eigenvalue weighted by Gasteiger charge is 2.37. The molecule has 1 heterocycles. The minimum absolute atomic E-state index is 0.242. The summed E-state index contributed by atoms with van der Waals surface area (Å²) in [4.78, 5) is 0. The van der Waals surface area contributed by atoms with Gasteiger partial charge in [0.25, 0.3) is 0 Å². The fraction of sp³-hybridized carbons (Fsp3) is 1.00. The smallest absolute Gasteiger partial charge is 0.0144 e. The molecule has 3 heteroatoms. The Balaban J connectivity index is 1.81. The van der Waals surface area contributed by atoms with Crippen LogP contribution in [0.5, 0.6) is 0 Å². The fourth-order valence-electron chi connectivity index (χ4n) is 4.60. The van der Waals surface area contributed by atoms with E-state index in [1.54, 1.807) is 0 Å². The van der Waals surface area contributed by atoms with Crippen molar-refractivity contribution in [2.24, 2.45) is 17.6 Å². The Kier molecular flexibility index (Phi) is 5.14. The van der Waals surface area contributed by atoms with E-state index in [9.17, 15) is 0 Å². The molecule has 118 valence electrons. The molecule has 0 radical (unpaired) electrons. The maximum Gasteiger partial charge on any atom is 0.0144 e. The van der Waals surface area contributed by atoms with Crippen LogP contribution in [0.2, 0.25) is 0 Å². The zero-order valence-electron chi connectivity index (χ0n) is 14.0. The van der Waals surface area contributed by atoms with E-state index in [0.717, 1.165) is 18.4 Å². The van der Waals surface area contributed by atoms with E-state index in [-0.39, 0.29) is 11.1 Å². The second-order valence-corrected chi connectivity index (χ2v) is 8.54. The SMILES string of the molecule is CC1(C)CC(NCC2CCCC(CN)C2)CC(C)(C)N1. The molecule has 2 unspecified atom stereocenters. The van der Waals surface area contributed by atoms with Crippen LogP contribution >= 0.6 is 0 Å². The second-order valence-electron chi connectivity index (χ2n) is 8.54. The van der Waals surface area contributed by atoms with Gasteiger partial charge < -0.3 is 16.4 Å². The van der Waals surface area contributed by atoms with Crippen LogP contribution in [-0.2, 0) is 0 Å². The standard InChI is InChI=1S/C17H35N3/c1-16(2)9-15(10-17(3,4)20-16)19-12-14-7-5-6-13(8-14)11-18/h13-15,19-20H,5-12,18H2,1-4H3. The third-order valence-electron chi connectivity index (χ3n) is 5.11. The first-order valence-corrected chi connectivity index (χ1v) is 8.52. The largest absolute Gasteiger partial charge is 0.330 e. The molecule has 3 nitrogen and oxygen atoms in total. The lowest BCUT2D eigenvalue weighted by Gasteiger charge is -2.47. The van der Waals surface area contributed by atoms with Crippen molar-refractivity contribution in [2.75, 3.05) is 13.1 Å². The van der Waals surface area contributed by atoms with Gasteiger partial charge in [-0.05, 0) is 84.7 Å². The number of piperidine rings is 1. The topological polar surface area (TPSA) is 50.1 Å². The lowest BCUT2D eigenvalue weighted by Crippen LogP contribution is -2.61. The van der Waals surface area contributed by atoms with Crippen LogP contribution in [-0.4, -0.2) is 30.2 Å². The molecule has 2 aliphatic rings. The highest BCUT2D eigenvalue weighted by Crippen LogP contribution is 2.30. The molecule has 0 aromatic carbocycles. The Bertz CT molecular complexity index is 295. The molecule has 1 saturated carbocycles. The van der Waals surface area contributed by atoms with Gasteiger partial charge in [-0.2, -0.15) is 0 Å². The predicted molar refractivity (Wildman–Crippen MR) is 86.8 cm³/mol. The Morgan fingerprint density at radius 3 is 2.25 bits per heavy atom. The average molecular weight is 281 g/mol. The molecule has 4 N–H and O–H groups in total. The summed E-state index contributed by atoms with van der Waals surface area (Å²) in [5.74, 6) is 1.62. The van der Waals surface area contributed by atoms with E-state index >= 15 is 0 Å². The summed E-state index contributed by atoms with van der Waals surface area (Å²) in [6, 6.07) is 0.652. The summed E-state index contributed by atoms with van der Waals surface area (Å²) in [7, 11) is 0. The number of nitrogens with two attached hydrogens (primary N) is 1. The van der Waals surface area contributed by atoms with Crippen molar-refractivity contribution in [3.05, 3.63) is 0 Å². The molecule has 1 aliphatic carbocycles. The minimum Gasteiger partial charge on any atom is -0.330 e. The van der Waals surface area contributed by atoms with Crippen molar-refractivity contribution in [1.82, 2.24) is 10.6 Å². The Labute approximate surface area is 125 Å². The van der Waals surface area contributed by atoms with Crippen molar-refractivity contribution in [3.63, 3.8) is 0 Å². The summed E-state index contributed by atoms with van der Waals surface area (Å²) in [6.07, 6.45) is 7.90. The van der Waals surface area contributed by atoms with Crippen molar-refractivity contribution in [1.29, 1.82) is 0 Å². The number of rotatable bonds is 4. The van der Waals surface area contributed by atoms with Gasteiger partial charge in [-0.25, -0.2) is 0 Å². The van der Waals surface area contributed by atoms with Gasteiger partial charge in [-0.15, -0.1) is 0 Å². The third-order valence-corrected chi connectivity index (χ3v) is 5.11. The van der Waals surface area contributed by atoms with Gasteiger partial charge in [0.1, 0.15) is 0 Å². The number of hydrogen-bond donors (Lipinski definition) is 3. The molecular formula is C17H35N3. The molecule has 0 aromatic heterocycles. The van der Waals surface area contributed by atoms with Crippen molar-refractivity contribution < 1.29 is 0 Å². The van der Waals surface area contributed by atoms with E-state index in [2.05, 4.69) is 38.3 Å². The molecule has 0 amide bonds. The van der Waals surface area contributed by atoms with E-state index in [1.807, 2.05) is 0 Å². The molecule has 0 bridgehead atoms. The maximum absolute atomic E-state index is 5.85. The Hall–Kier alpha value is -0.120. The van der Waals surface area contributed by atoms with Gasteiger partial charge in [0.2, 0.25) is 0 Å². The van der Waals surface area contributed by atoms with Gasteiger partial charge in [-0.1, -0.05) is 6.42 Å². The van der Waals surface area contributed by atoms with Gasteiger partial charge in [0.05, 0.1) is 0 Å². The van der Waals surface area contributed by atoms with Crippen LogP contribution in [0.15, 0.2) is 0 Å². The molecule has 2 rings (SSSR count). The third kappa shape index (κ3) is 4.71. The van der Waals surface area contributed by atoms with Crippen molar-refractivity contribution in [3.8, 4) is 0 Å². The van der Waals surface area contributed by atoms with Crippen LogP contribution in [0.25, 0.3) is 0 Å². The van der Waals surface area contributed by atoms with Gasteiger partial charge in [0.15, 0.2) is 0 Å². The quantitative estimate of drug-likeness (QED) is 0.742. The number of hydrogen-bond acceptors (Lipinski definition) is 3. The fourth-order valence-corrected chi connectivity index (χ4v) is 4.60. The summed E-state index contributed by atoms with van der Waals surface area (Å²) < 4.78 is 0. The van der Waals surface area contributed by atoms with Crippen LogP contribution in [0.3, 0.4) is 0 Å². The molecule has 1 aliphatic heterocycles. The molecule has 1 saturated heterocycles. The van der Waals surface area contributed by atoms with Crippen LogP contribution < -0.4 is 16.4 Å². The van der Waals surface area contributed by atoms with Gasteiger partial charge in [-0.3, -0.25) is 0 Å². The minimum atomic E-state index is 0.242. The zero-order chi connectivity index (χ0) is 14.8. The van der Waals surface area contributed by atoms with Crippen LogP contribution in [0.1, 0.15) is 66.2 Å². The van der Waals surface area contributed by atoms with Gasteiger partial charge in [0, 0.05) is 17.1 Å². The predicted octanol–water partition coefficient (Wildman–Crippen LogP) is 2.65. The molecule has 2 atom stereocenters. The summed E-state index contributed by atoms with van der Waals surface area (Å²) >= 11 is 0. The second kappa shape index (κ2) is 6.33. The van der Waals surface area contributed by atoms with Gasteiger partial charge >= 0.3 is 0 Å². The van der Waals surface area contributed by atoms with E-state index in [0.29, 0.717) is 6.04 Å². The average Bonchev–Trinajstić information content (AvgIpc) is 2.33. The molecule has 20 heavy (non-hydrogen) atoms. The molecular weight excluding hydrogens is 246 g/mol. The molecule has 2 fully saturated rings. The first-order valence-electron chi connectivity index (χ1n) is 8.52.